The topological polar surface area (TPSA) is 50.9 Å². The van der Waals surface area contributed by atoms with Gasteiger partial charge in [0, 0.05) is 0 Å². The Morgan fingerprint density at radius 1 is 1.26 bits per heavy atom. The van der Waals surface area contributed by atoms with Crippen LogP contribution in [0.15, 0.2) is 36.5 Å². The van der Waals surface area contributed by atoms with Gasteiger partial charge in [0.15, 0.2) is 0 Å². The Morgan fingerprint density at radius 2 is 2.05 bits per heavy atom. The Labute approximate surface area is 112 Å². The van der Waals surface area contributed by atoms with E-state index in [2.05, 4.69) is 42.5 Å². The summed E-state index contributed by atoms with van der Waals surface area (Å²) in [5.41, 5.74) is 7.13. The minimum Gasteiger partial charge on any atom is -0.271 e. The van der Waals surface area contributed by atoms with Gasteiger partial charge in [-0.25, -0.2) is 4.39 Å². The zero-order valence-corrected chi connectivity index (χ0v) is 11.2. The Balaban J connectivity index is 2.23. The third-order valence-electron chi connectivity index (χ3n) is 3.24. The summed E-state index contributed by atoms with van der Waals surface area (Å²) >= 11 is 0. The summed E-state index contributed by atoms with van der Waals surface area (Å²) in [7, 11) is 0. The first-order valence-electron chi connectivity index (χ1n) is 6.24. The summed E-state index contributed by atoms with van der Waals surface area (Å²) in [4.78, 5) is 4.08. The van der Waals surface area contributed by atoms with Crippen LogP contribution in [0.1, 0.15) is 28.4 Å². The highest BCUT2D eigenvalue weighted by molar-refractivity contribution is 5.32. The van der Waals surface area contributed by atoms with Crippen molar-refractivity contribution in [3.63, 3.8) is 0 Å². The summed E-state index contributed by atoms with van der Waals surface area (Å²) in [6.45, 7) is 4.13. The van der Waals surface area contributed by atoms with E-state index in [1.54, 1.807) is 6.07 Å². The lowest BCUT2D eigenvalue weighted by atomic mass is 9.97. The second kappa shape index (κ2) is 5.91. The second-order valence-corrected chi connectivity index (χ2v) is 4.75. The zero-order valence-electron chi connectivity index (χ0n) is 11.2. The Bertz CT molecular complexity index is 552. The predicted molar refractivity (Wildman–Crippen MR) is 73.9 cm³/mol. The molecular formula is C15H18FN3. The van der Waals surface area contributed by atoms with E-state index in [9.17, 15) is 4.39 Å². The number of aromatic nitrogens is 1. The Kier molecular flexibility index (Phi) is 4.24. The lowest BCUT2D eigenvalue weighted by Gasteiger charge is -2.17. The van der Waals surface area contributed by atoms with E-state index >= 15 is 0 Å². The molecule has 3 N–H and O–H groups in total. The number of rotatable bonds is 4. The molecule has 1 unspecified atom stereocenters. The molecule has 19 heavy (non-hydrogen) atoms. The van der Waals surface area contributed by atoms with E-state index in [1.165, 1.54) is 29.0 Å². The largest absolute Gasteiger partial charge is 0.271 e. The lowest BCUT2D eigenvalue weighted by molar-refractivity contribution is 0.532. The molecule has 4 heteroatoms. The van der Waals surface area contributed by atoms with Crippen molar-refractivity contribution < 1.29 is 4.39 Å². The van der Waals surface area contributed by atoms with Crippen LogP contribution in [-0.2, 0) is 6.42 Å². The monoisotopic (exact) mass is 259 g/mol. The molecule has 0 aliphatic carbocycles. The maximum absolute atomic E-state index is 12.9. The fourth-order valence-corrected chi connectivity index (χ4v) is 2.08. The molecule has 1 atom stereocenters. The molecule has 2 rings (SSSR count). The van der Waals surface area contributed by atoms with Crippen LogP contribution in [0.25, 0.3) is 0 Å². The van der Waals surface area contributed by atoms with Gasteiger partial charge in [0.25, 0.3) is 0 Å². The minimum atomic E-state index is -0.341. The normalized spacial score (nSPS) is 12.4. The highest BCUT2D eigenvalue weighted by Gasteiger charge is 2.13. The molecule has 100 valence electrons. The summed E-state index contributed by atoms with van der Waals surface area (Å²) in [5.74, 6) is 5.25. The summed E-state index contributed by atoms with van der Waals surface area (Å²) in [6.07, 6.45) is 1.94. The van der Waals surface area contributed by atoms with E-state index in [0.29, 0.717) is 0 Å². The van der Waals surface area contributed by atoms with Crippen LogP contribution in [0, 0.1) is 19.7 Å². The SMILES string of the molecule is Cc1ccc(C)c(CC(NN)c2ccc(F)cn2)c1. The lowest BCUT2D eigenvalue weighted by Crippen LogP contribution is -2.30. The van der Waals surface area contributed by atoms with Gasteiger partial charge >= 0.3 is 0 Å². The number of nitrogens with one attached hydrogen (secondary N) is 1. The van der Waals surface area contributed by atoms with E-state index in [4.69, 9.17) is 5.84 Å². The molecule has 1 aromatic heterocycles. The van der Waals surface area contributed by atoms with Gasteiger partial charge in [-0.15, -0.1) is 0 Å². The van der Waals surface area contributed by atoms with Gasteiger partial charge in [-0.2, -0.15) is 0 Å². The van der Waals surface area contributed by atoms with Crippen LogP contribution < -0.4 is 11.3 Å². The Hall–Kier alpha value is -1.78. The van der Waals surface area contributed by atoms with Crippen molar-refractivity contribution in [1.82, 2.24) is 10.4 Å². The molecule has 1 heterocycles. The maximum Gasteiger partial charge on any atom is 0.141 e. The standard InChI is InChI=1S/C15H18FN3/c1-10-3-4-11(2)12(7-10)8-15(19-17)14-6-5-13(16)9-18-14/h3-7,9,15,19H,8,17H2,1-2H3. The first-order valence-corrected chi connectivity index (χ1v) is 6.24. The number of hydrazine groups is 1. The van der Waals surface area contributed by atoms with E-state index in [1.807, 2.05) is 0 Å². The summed E-state index contributed by atoms with van der Waals surface area (Å²) in [6, 6.07) is 9.25. The highest BCUT2D eigenvalue weighted by Crippen LogP contribution is 2.19. The number of aryl methyl sites for hydroxylation is 2. The third-order valence-corrected chi connectivity index (χ3v) is 3.24. The van der Waals surface area contributed by atoms with E-state index in [-0.39, 0.29) is 11.9 Å². The van der Waals surface area contributed by atoms with E-state index in [0.717, 1.165) is 12.1 Å². The average Bonchev–Trinajstić information content (AvgIpc) is 2.41. The maximum atomic E-state index is 12.9. The molecule has 0 saturated carbocycles. The number of nitrogens with zero attached hydrogens (tertiary/aromatic N) is 1. The van der Waals surface area contributed by atoms with Crippen LogP contribution in [0.3, 0.4) is 0 Å². The van der Waals surface area contributed by atoms with Crippen LogP contribution in [0.4, 0.5) is 4.39 Å². The molecule has 2 aromatic rings. The molecular weight excluding hydrogens is 241 g/mol. The number of nitrogens with two attached hydrogens (primary N) is 1. The fourth-order valence-electron chi connectivity index (χ4n) is 2.08. The predicted octanol–water partition coefficient (Wildman–Crippen LogP) is 2.58. The van der Waals surface area contributed by atoms with Crippen LogP contribution in [0.2, 0.25) is 0 Å². The number of benzene rings is 1. The van der Waals surface area contributed by atoms with Crippen LogP contribution in [-0.4, -0.2) is 4.98 Å². The van der Waals surface area contributed by atoms with Crippen molar-refractivity contribution >= 4 is 0 Å². The molecule has 0 aliphatic rings. The number of hydrogen-bond acceptors (Lipinski definition) is 3. The molecule has 0 fully saturated rings. The van der Waals surface area contributed by atoms with Crippen molar-refractivity contribution in [3.05, 3.63) is 64.7 Å². The van der Waals surface area contributed by atoms with Gasteiger partial charge in [-0.3, -0.25) is 16.3 Å². The van der Waals surface area contributed by atoms with Crippen LogP contribution >= 0.6 is 0 Å². The molecule has 0 amide bonds. The first-order chi connectivity index (χ1) is 9.10. The smallest absolute Gasteiger partial charge is 0.141 e. The van der Waals surface area contributed by atoms with Gasteiger partial charge in [0.1, 0.15) is 5.82 Å². The van der Waals surface area contributed by atoms with Gasteiger partial charge in [-0.1, -0.05) is 23.8 Å². The zero-order chi connectivity index (χ0) is 13.8. The van der Waals surface area contributed by atoms with Crippen molar-refractivity contribution in [2.45, 2.75) is 26.3 Å². The van der Waals surface area contributed by atoms with Gasteiger partial charge in [0.2, 0.25) is 0 Å². The Morgan fingerprint density at radius 3 is 2.68 bits per heavy atom. The van der Waals surface area contributed by atoms with Gasteiger partial charge in [0.05, 0.1) is 17.9 Å². The van der Waals surface area contributed by atoms with Crippen LogP contribution in [0.5, 0.6) is 0 Å². The molecule has 0 radical (unpaired) electrons. The average molecular weight is 259 g/mol. The molecule has 0 bridgehead atoms. The molecule has 0 aliphatic heterocycles. The number of pyridine rings is 1. The molecule has 0 saturated heterocycles. The molecule has 3 nitrogen and oxygen atoms in total. The number of halogens is 1. The van der Waals surface area contributed by atoms with Gasteiger partial charge in [-0.05, 0) is 43.5 Å². The molecule has 1 aromatic carbocycles. The summed E-state index contributed by atoms with van der Waals surface area (Å²) < 4.78 is 12.9. The number of hydrogen-bond donors (Lipinski definition) is 2. The second-order valence-electron chi connectivity index (χ2n) is 4.75. The minimum absolute atomic E-state index is 0.124. The van der Waals surface area contributed by atoms with Crippen molar-refractivity contribution in [2.75, 3.05) is 0 Å². The van der Waals surface area contributed by atoms with E-state index < -0.39 is 0 Å². The van der Waals surface area contributed by atoms with Crippen molar-refractivity contribution in [2.24, 2.45) is 5.84 Å². The molecule has 0 spiro atoms. The first kappa shape index (κ1) is 13.6. The van der Waals surface area contributed by atoms with Crippen molar-refractivity contribution in [3.8, 4) is 0 Å². The quantitative estimate of drug-likeness (QED) is 0.655. The highest BCUT2D eigenvalue weighted by atomic mass is 19.1. The van der Waals surface area contributed by atoms with Crippen molar-refractivity contribution in [1.29, 1.82) is 0 Å². The fraction of sp³-hybridized carbons (Fsp3) is 0.267. The summed E-state index contributed by atoms with van der Waals surface area (Å²) in [5, 5.41) is 0. The van der Waals surface area contributed by atoms with Gasteiger partial charge < -0.3 is 0 Å². The third kappa shape index (κ3) is 3.36.